The van der Waals surface area contributed by atoms with Crippen LogP contribution in [0.15, 0.2) is 0 Å². The van der Waals surface area contributed by atoms with Crippen LogP contribution in [-0.2, 0) is 14.3 Å². The van der Waals surface area contributed by atoms with Crippen molar-refractivity contribution in [1.82, 2.24) is 5.32 Å². The van der Waals surface area contributed by atoms with Crippen LogP contribution < -0.4 is 5.32 Å². The summed E-state index contributed by atoms with van der Waals surface area (Å²) in [5, 5.41) is 3.25. The van der Waals surface area contributed by atoms with Crippen molar-refractivity contribution in [2.75, 3.05) is 32.9 Å². The lowest BCUT2D eigenvalue weighted by Crippen LogP contribution is -2.40. The molecule has 0 aliphatic carbocycles. The third-order valence-electron chi connectivity index (χ3n) is 3.51. The number of rotatable bonds is 7. The number of esters is 1. The Morgan fingerprint density at radius 2 is 2.12 bits per heavy atom. The predicted octanol–water partition coefficient (Wildman–Crippen LogP) is 1.59. The fourth-order valence-corrected chi connectivity index (χ4v) is 2.20. The summed E-state index contributed by atoms with van der Waals surface area (Å²) < 4.78 is 10.6. The van der Waals surface area contributed by atoms with Crippen molar-refractivity contribution < 1.29 is 14.3 Å². The molecule has 1 aliphatic rings. The van der Waals surface area contributed by atoms with Gasteiger partial charge >= 0.3 is 5.97 Å². The predicted molar refractivity (Wildman–Crippen MR) is 66.8 cm³/mol. The third kappa shape index (κ3) is 3.68. The lowest BCUT2D eigenvalue weighted by Gasteiger charge is -2.29. The third-order valence-corrected chi connectivity index (χ3v) is 3.51. The quantitative estimate of drug-likeness (QED) is 0.545. The Balaban J connectivity index is 2.34. The number of nitrogens with one attached hydrogen (secondary N) is 1. The first-order chi connectivity index (χ1) is 8.13. The van der Waals surface area contributed by atoms with E-state index in [0.717, 1.165) is 32.5 Å². The maximum Gasteiger partial charge on any atom is 0.313 e. The van der Waals surface area contributed by atoms with Gasteiger partial charge in [-0.3, -0.25) is 4.79 Å². The Labute approximate surface area is 104 Å². The van der Waals surface area contributed by atoms with Gasteiger partial charge in [-0.15, -0.1) is 0 Å². The van der Waals surface area contributed by atoms with Crippen LogP contribution in [0.25, 0.3) is 0 Å². The van der Waals surface area contributed by atoms with E-state index < -0.39 is 0 Å². The van der Waals surface area contributed by atoms with E-state index in [-0.39, 0.29) is 11.4 Å². The van der Waals surface area contributed by atoms with E-state index in [1.54, 1.807) is 0 Å². The van der Waals surface area contributed by atoms with Crippen molar-refractivity contribution in [2.24, 2.45) is 11.3 Å². The monoisotopic (exact) mass is 243 g/mol. The normalized spacial score (nSPS) is 24.2. The van der Waals surface area contributed by atoms with E-state index in [2.05, 4.69) is 26.1 Å². The van der Waals surface area contributed by atoms with Crippen LogP contribution in [0.4, 0.5) is 0 Å². The van der Waals surface area contributed by atoms with Gasteiger partial charge in [-0.1, -0.05) is 20.8 Å². The zero-order valence-corrected chi connectivity index (χ0v) is 11.3. The Morgan fingerprint density at radius 1 is 1.35 bits per heavy atom. The number of carbonyl (C=O) groups is 1. The lowest BCUT2D eigenvalue weighted by atomic mass is 9.76. The van der Waals surface area contributed by atoms with Gasteiger partial charge in [0.1, 0.15) is 6.61 Å². The van der Waals surface area contributed by atoms with Crippen molar-refractivity contribution >= 4 is 5.97 Å². The second-order valence-corrected chi connectivity index (χ2v) is 4.99. The minimum absolute atomic E-state index is 0.0717. The molecular formula is C13H25NO3. The molecule has 1 fully saturated rings. The van der Waals surface area contributed by atoms with Crippen LogP contribution in [0.1, 0.15) is 33.6 Å². The minimum Gasteiger partial charge on any atom is -0.463 e. The summed E-state index contributed by atoms with van der Waals surface area (Å²) in [6.07, 6.45) is 1.87. The average molecular weight is 243 g/mol. The summed E-state index contributed by atoms with van der Waals surface area (Å²) >= 11 is 0. The standard InChI is InChI=1S/C13H25NO3/c1-4-7-16-8-9-17-12(15)13(11(2)3)5-6-14-10-13/h11,14H,4-10H2,1-3H3. The molecule has 1 rings (SSSR count). The van der Waals surface area contributed by atoms with Crippen molar-refractivity contribution in [3.8, 4) is 0 Å². The molecule has 4 nitrogen and oxygen atoms in total. The molecule has 0 aromatic heterocycles. The maximum atomic E-state index is 12.1. The van der Waals surface area contributed by atoms with Crippen LogP contribution in [-0.4, -0.2) is 38.9 Å². The molecule has 4 heteroatoms. The van der Waals surface area contributed by atoms with Crippen molar-refractivity contribution in [3.63, 3.8) is 0 Å². The molecule has 0 aromatic carbocycles. The van der Waals surface area contributed by atoms with Crippen LogP contribution in [0, 0.1) is 11.3 Å². The smallest absolute Gasteiger partial charge is 0.313 e. The van der Waals surface area contributed by atoms with E-state index in [1.807, 2.05) is 0 Å². The Hall–Kier alpha value is -0.610. The average Bonchev–Trinajstić information content (AvgIpc) is 2.79. The molecule has 100 valence electrons. The zero-order chi connectivity index (χ0) is 12.7. The van der Waals surface area contributed by atoms with E-state index in [4.69, 9.17) is 9.47 Å². The molecule has 0 saturated carbocycles. The van der Waals surface area contributed by atoms with E-state index in [9.17, 15) is 4.79 Å². The van der Waals surface area contributed by atoms with Gasteiger partial charge in [0.05, 0.1) is 12.0 Å². The molecule has 0 bridgehead atoms. The summed E-state index contributed by atoms with van der Waals surface area (Å²) in [4.78, 5) is 12.1. The van der Waals surface area contributed by atoms with E-state index in [1.165, 1.54) is 0 Å². The largest absolute Gasteiger partial charge is 0.463 e. The van der Waals surface area contributed by atoms with E-state index in [0.29, 0.717) is 19.1 Å². The van der Waals surface area contributed by atoms with Gasteiger partial charge in [0.15, 0.2) is 0 Å². The molecule has 0 spiro atoms. The highest BCUT2D eigenvalue weighted by Crippen LogP contribution is 2.35. The molecule has 0 amide bonds. The number of ether oxygens (including phenoxy) is 2. The molecule has 1 unspecified atom stereocenters. The molecule has 0 radical (unpaired) electrons. The second-order valence-electron chi connectivity index (χ2n) is 4.99. The summed E-state index contributed by atoms with van der Waals surface area (Å²) in [6.45, 7) is 9.47. The van der Waals surface area contributed by atoms with Gasteiger partial charge in [-0.05, 0) is 25.3 Å². The number of hydrogen-bond acceptors (Lipinski definition) is 4. The van der Waals surface area contributed by atoms with Crippen molar-refractivity contribution in [3.05, 3.63) is 0 Å². The maximum absolute atomic E-state index is 12.1. The first-order valence-electron chi connectivity index (χ1n) is 6.59. The SMILES string of the molecule is CCCOCCOC(=O)C1(C(C)C)CCNC1. The summed E-state index contributed by atoms with van der Waals surface area (Å²) in [5.41, 5.74) is -0.329. The lowest BCUT2D eigenvalue weighted by molar-refractivity contribution is -0.159. The zero-order valence-electron chi connectivity index (χ0n) is 11.3. The number of carbonyl (C=O) groups excluding carboxylic acids is 1. The topological polar surface area (TPSA) is 47.6 Å². The summed E-state index contributed by atoms with van der Waals surface area (Å²) in [7, 11) is 0. The van der Waals surface area contributed by atoms with Gasteiger partial charge in [-0.25, -0.2) is 0 Å². The molecule has 0 aromatic rings. The van der Waals surface area contributed by atoms with Crippen molar-refractivity contribution in [2.45, 2.75) is 33.6 Å². The minimum atomic E-state index is -0.329. The van der Waals surface area contributed by atoms with Crippen molar-refractivity contribution in [1.29, 1.82) is 0 Å². The summed E-state index contributed by atoms with van der Waals surface area (Å²) in [6, 6.07) is 0. The van der Waals surface area contributed by atoms with Gasteiger partial charge in [0.2, 0.25) is 0 Å². The second kappa shape index (κ2) is 6.97. The highest BCUT2D eigenvalue weighted by Gasteiger charge is 2.45. The Bertz CT molecular complexity index is 235. The van der Waals surface area contributed by atoms with Gasteiger partial charge in [-0.2, -0.15) is 0 Å². The van der Waals surface area contributed by atoms with Crippen LogP contribution in [0.2, 0.25) is 0 Å². The first-order valence-corrected chi connectivity index (χ1v) is 6.59. The molecule has 1 N–H and O–H groups in total. The Morgan fingerprint density at radius 3 is 2.65 bits per heavy atom. The van der Waals surface area contributed by atoms with Gasteiger partial charge in [0.25, 0.3) is 0 Å². The van der Waals surface area contributed by atoms with Gasteiger partial charge in [0, 0.05) is 13.2 Å². The van der Waals surface area contributed by atoms with Crippen LogP contribution in [0.5, 0.6) is 0 Å². The highest BCUT2D eigenvalue weighted by atomic mass is 16.6. The highest BCUT2D eigenvalue weighted by molar-refractivity contribution is 5.78. The molecule has 17 heavy (non-hydrogen) atoms. The summed E-state index contributed by atoms with van der Waals surface area (Å²) in [5.74, 6) is 0.235. The van der Waals surface area contributed by atoms with Crippen LogP contribution in [0.3, 0.4) is 0 Å². The molecule has 1 heterocycles. The molecule has 1 saturated heterocycles. The first kappa shape index (κ1) is 14.5. The number of hydrogen-bond donors (Lipinski definition) is 1. The van der Waals surface area contributed by atoms with Crippen LogP contribution >= 0.6 is 0 Å². The fraction of sp³-hybridized carbons (Fsp3) is 0.923. The van der Waals surface area contributed by atoms with E-state index >= 15 is 0 Å². The van der Waals surface area contributed by atoms with Gasteiger partial charge < -0.3 is 14.8 Å². The molecule has 1 aliphatic heterocycles. The molecular weight excluding hydrogens is 218 g/mol. The Kier molecular flexibility index (Phi) is 5.92. The molecule has 1 atom stereocenters. The fourth-order valence-electron chi connectivity index (χ4n) is 2.20.